The minimum atomic E-state index is -1.14. The number of hydrogen-bond donors (Lipinski definition) is 3. The molecule has 0 saturated carbocycles. The van der Waals surface area contributed by atoms with Crippen LogP contribution in [0.5, 0.6) is 5.88 Å². The van der Waals surface area contributed by atoms with Crippen LogP contribution in [0, 0.1) is 6.92 Å². The van der Waals surface area contributed by atoms with Crippen LogP contribution in [-0.2, 0) is 9.59 Å². The number of aliphatic hydroxyl groups excluding tert-OH is 1. The van der Waals surface area contributed by atoms with Gasteiger partial charge in [0.2, 0.25) is 17.7 Å². The molecular weight excluding hydrogens is 541 g/mol. The van der Waals surface area contributed by atoms with Crippen LogP contribution in [0.15, 0.2) is 73.1 Å². The van der Waals surface area contributed by atoms with Crippen LogP contribution in [0.2, 0.25) is 10.0 Å². The first-order valence-electron chi connectivity index (χ1n) is 12.1. The number of ether oxygens (including phenoxy) is 1. The summed E-state index contributed by atoms with van der Waals surface area (Å²) in [6.07, 6.45) is 1.86. The first-order valence-corrected chi connectivity index (χ1v) is 12.9. The highest BCUT2D eigenvalue weighted by molar-refractivity contribution is 6.42. The molecule has 1 unspecified atom stereocenters. The van der Waals surface area contributed by atoms with Crippen LogP contribution < -0.4 is 15.8 Å². The van der Waals surface area contributed by atoms with E-state index < -0.39 is 24.0 Å². The molecule has 0 saturated heterocycles. The number of aryl methyl sites for hydroxylation is 1. The Kier molecular flexibility index (Phi) is 9.19. The number of benzene rings is 2. The van der Waals surface area contributed by atoms with Crippen LogP contribution in [0.25, 0.3) is 16.9 Å². The number of carbonyl (C=O) groups is 2. The lowest BCUT2D eigenvalue weighted by atomic mass is 10.0. The molecule has 4 aromatic rings. The minimum absolute atomic E-state index is 0.0681. The van der Waals surface area contributed by atoms with Crippen molar-refractivity contribution in [3.05, 3.63) is 94.2 Å². The summed E-state index contributed by atoms with van der Waals surface area (Å²) in [5.41, 5.74) is 9.11. The van der Waals surface area contributed by atoms with Gasteiger partial charge in [-0.2, -0.15) is 5.10 Å². The standard InChI is InChI=1S/C28H27Cl2N5O4/c1-17-4-6-18(7-5-17)24(13-26(31)37)33-27(38)12-21(36)16-39-28-14-25(19-3-2-10-32-15-19)34-35(28)20-8-9-22(29)23(30)11-20/h2-11,14-15,21,24,36H,12-13,16H2,1H3,(H2,31,37)(H,33,38)/t21-,24?/m0/s1. The summed E-state index contributed by atoms with van der Waals surface area (Å²) in [7, 11) is 0. The van der Waals surface area contributed by atoms with Gasteiger partial charge in [-0.25, -0.2) is 4.68 Å². The van der Waals surface area contributed by atoms with Crippen LogP contribution in [-0.4, -0.2) is 44.4 Å². The third-order valence-electron chi connectivity index (χ3n) is 5.85. The summed E-state index contributed by atoms with van der Waals surface area (Å²) in [5.74, 6) is -0.685. The van der Waals surface area contributed by atoms with E-state index in [-0.39, 0.29) is 19.4 Å². The van der Waals surface area contributed by atoms with Crippen molar-refractivity contribution in [2.75, 3.05) is 6.61 Å². The Bertz CT molecular complexity index is 1440. The Labute approximate surface area is 235 Å². The summed E-state index contributed by atoms with van der Waals surface area (Å²) in [6.45, 7) is 1.74. The average molecular weight is 568 g/mol. The molecule has 4 N–H and O–H groups in total. The number of hydrogen-bond acceptors (Lipinski definition) is 6. The molecule has 0 radical (unpaired) electrons. The highest BCUT2D eigenvalue weighted by atomic mass is 35.5. The normalized spacial score (nSPS) is 12.5. The van der Waals surface area contributed by atoms with Gasteiger partial charge >= 0.3 is 0 Å². The number of nitrogens with two attached hydrogens (primary N) is 1. The second-order valence-corrected chi connectivity index (χ2v) is 9.80. The lowest BCUT2D eigenvalue weighted by Gasteiger charge is -2.19. The Morgan fingerprint density at radius 3 is 2.51 bits per heavy atom. The molecule has 202 valence electrons. The molecule has 2 aromatic heterocycles. The number of primary amides is 1. The quantitative estimate of drug-likeness (QED) is 0.246. The van der Waals surface area contributed by atoms with E-state index in [2.05, 4.69) is 15.4 Å². The SMILES string of the molecule is Cc1ccc(C(CC(N)=O)NC(=O)C[C@H](O)COc2cc(-c3cccnc3)nn2-c2ccc(Cl)c(Cl)c2)cc1. The fraction of sp³-hybridized carbons (Fsp3) is 0.214. The smallest absolute Gasteiger partial charge is 0.223 e. The first kappa shape index (κ1) is 28.1. The van der Waals surface area contributed by atoms with E-state index in [0.717, 1.165) is 16.7 Å². The fourth-order valence-corrected chi connectivity index (χ4v) is 4.18. The number of rotatable bonds is 11. The maximum absolute atomic E-state index is 12.7. The molecule has 2 heterocycles. The maximum atomic E-state index is 12.7. The van der Waals surface area contributed by atoms with E-state index in [0.29, 0.717) is 27.3 Å². The van der Waals surface area contributed by atoms with Gasteiger partial charge in [-0.3, -0.25) is 14.6 Å². The largest absolute Gasteiger partial charge is 0.475 e. The maximum Gasteiger partial charge on any atom is 0.223 e. The number of halogens is 2. The topological polar surface area (TPSA) is 132 Å². The van der Waals surface area contributed by atoms with Crippen molar-refractivity contribution in [3.63, 3.8) is 0 Å². The predicted molar refractivity (Wildman–Crippen MR) is 149 cm³/mol. The molecule has 4 rings (SSSR count). The van der Waals surface area contributed by atoms with Gasteiger partial charge in [0.25, 0.3) is 0 Å². The van der Waals surface area contributed by atoms with Gasteiger partial charge in [0, 0.05) is 24.0 Å². The van der Waals surface area contributed by atoms with E-state index in [1.54, 1.807) is 42.7 Å². The molecule has 2 atom stereocenters. The molecule has 11 heteroatoms. The number of carbonyl (C=O) groups excluding carboxylic acids is 2. The fourth-order valence-electron chi connectivity index (χ4n) is 3.88. The van der Waals surface area contributed by atoms with Crippen LogP contribution in [0.1, 0.15) is 30.0 Å². The highest BCUT2D eigenvalue weighted by Crippen LogP contribution is 2.30. The van der Waals surface area contributed by atoms with E-state index >= 15 is 0 Å². The summed E-state index contributed by atoms with van der Waals surface area (Å²) in [6, 6.07) is 17.2. The molecular formula is C28H27Cl2N5O4. The Hall–Kier alpha value is -3.92. The van der Waals surface area contributed by atoms with Gasteiger partial charge in [-0.15, -0.1) is 0 Å². The molecule has 0 bridgehead atoms. The van der Waals surface area contributed by atoms with E-state index in [4.69, 9.17) is 33.7 Å². The number of amides is 2. The Balaban J connectivity index is 1.46. The van der Waals surface area contributed by atoms with Crippen molar-refractivity contribution in [1.29, 1.82) is 0 Å². The van der Waals surface area contributed by atoms with Crippen molar-refractivity contribution in [2.45, 2.75) is 31.9 Å². The van der Waals surface area contributed by atoms with Gasteiger partial charge in [0.15, 0.2) is 0 Å². The summed E-state index contributed by atoms with van der Waals surface area (Å²) < 4.78 is 7.42. The molecule has 0 aliphatic carbocycles. The monoisotopic (exact) mass is 567 g/mol. The molecule has 0 spiro atoms. The number of nitrogens with zero attached hydrogens (tertiary/aromatic N) is 3. The summed E-state index contributed by atoms with van der Waals surface area (Å²) >= 11 is 12.3. The lowest BCUT2D eigenvalue weighted by molar-refractivity contribution is -0.124. The molecule has 0 aliphatic heterocycles. The zero-order valence-electron chi connectivity index (χ0n) is 21.1. The number of nitrogens with one attached hydrogen (secondary N) is 1. The van der Waals surface area contributed by atoms with Crippen LogP contribution >= 0.6 is 23.2 Å². The molecule has 39 heavy (non-hydrogen) atoms. The number of aliphatic hydroxyl groups is 1. The van der Waals surface area contributed by atoms with Gasteiger partial charge in [-0.1, -0.05) is 53.0 Å². The van der Waals surface area contributed by atoms with E-state index in [9.17, 15) is 14.7 Å². The van der Waals surface area contributed by atoms with Crippen molar-refractivity contribution < 1.29 is 19.4 Å². The second-order valence-electron chi connectivity index (χ2n) is 8.99. The first-order chi connectivity index (χ1) is 18.7. The third-order valence-corrected chi connectivity index (χ3v) is 6.59. The van der Waals surface area contributed by atoms with Gasteiger partial charge in [-0.05, 0) is 42.8 Å². The van der Waals surface area contributed by atoms with Gasteiger partial charge in [0.05, 0.1) is 46.4 Å². The minimum Gasteiger partial charge on any atom is -0.475 e. The van der Waals surface area contributed by atoms with Gasteiger partial charge < -0.3 is 20.9 Å². The van der Waals surface area contributed by atoms with Crippen molar-refractivity contribution in [1.82, 2.24) is 20.1 Å². The zero-order valence-corrected chi connectivity index (χ0v) is 22.6. The van der Waals surface area contributed by atoms with Crippen molar-refractivity contribution >= 4 is 35.0 Å². The third kappa shape index (κ3) is 7.57. The highest BCUT2D eigenvalue weighted by Gasteiger charge is 2.21. The van der Waals surface area contributed by atoms with E-state index in [1.165, 1.54) is 4.68 Å². The molecule has 0 fully saturated rings. The molecule has 2 aromatic carbocycles. The number of pyridine rings is 1. The van der Waals surface area contributed by atoms with Crippen LogP contribution in [0.4, 0.5) is 0 Å². The molecule has 2 amide bonds. The average Bonchev–Trinajstić information content (AvgIpc) is 3.34. The molecule has 9 nitrogen and oxygen atoms in total. The van der Waals surface area contributed by atoms with Crippen molar-refractivity contribution in [3.8, 4) is 22.8 Å². The van der Waals surface area contributed by atoms with Crippen LogP contribution in [0.3, 0.4) is 0 Å². The second kappa shape index (κ2) is 12.8. The lowest BCUT2D eigenvalue weighted by Crippen LogP contribution is -2.35. The predicted octanol–water partition coefficient (Wildman–Crippen LogP) is 4.41. The van der Waals surface area contributed by atoms with E-state index in [1.807, 2.05) is 37.3 Å². The summed E-state index contributed by atoms with van der Waals surface area (Å²) in [4.78, 5) is 28.4. The zero-order chi connectivity index (χ0) is 27.9. The number of aromatic nitrogens is 3. The molecule has 0 aliphatic rings. The van der Waals surface area contributed by atoms with Gasteiger partial charge in [0.1, 0.15) is 6.61 Å². The van der Waals surface area contributed by atoms with Crippen molar-refractivity contribution in [2.24, 2.45) is 5.73 Å². The Morgan fingerprint density at radius 2 is 1.85 bits per heavy atom. The Morgan fingerprint density at radius 1 is 1.08 bits per heavy atom. The summed E-state index contributed by atoms with van der Waals surface area (Å²) in [5, 5.41) is 18.7.